The molecule has 0 aliphatic carbocycles. The molecule has 2 aromatic heterocycles. The second kappa shape index (κ2) is 10.2. The SMILES string of the molecule is C=C(Nc1cc(C(=O)N2CCNC(=O)C2)nn1-c1ccccc1)c1cc(-c2cccc(N)n2)ccc1Cl. The number of rotatable bonds is 6. The molecule has 1 fully saturated rings. The molecule has 0 bridgehead atoms. The maximum Gasteiger partial charge on any atom is 0.274 e. The Morgan fingerprint density at radius 3 is 2.65 bits per heavy atom. The van der Waals surface area contributed by atoms with Crippen molar-refractivity contribution >= 4 is 40.7 Å². The molecule has 0 unspecified atom stereocenters. The van der Waals surface area contributed by atoms with Crippen LogP contribution >= 0.6 is 11.6 Å². The maximum absolute atomic E-state index is 13.2. The van der Waals surface area contributed by atoms with Gasteiger partial charge in [-0.25, -0.2) is 9.67 Å². The lowest BCUT2D eigenvalue weighted by Crippen LogP contribution is -2.50. The summed E-state index contributed by atoms with van der Waals surface area (Å²) >= 11 is 6.54. The molecule has 2 aromatic carbocycles. The summed E-state index contributed by atoms with van der Waals surface area (Å²) in [5.41, 5.74) is 9.50. The lowest BCUT2D eigenvalue weighted by molar-refractivity contribution is -0.123. The van der Waals surface area contributed by atoms with Crippen molar-refractivity contribution in [3.05, 3.63) is 95.7 Å². The van der Waals surface area contributed by atoms with E-state index in [0.29, 0.717) is 46.7 Å². The van der Waals surface area contributed by atoms with Crippen LogP contribution < -0.4 is 16.4 Å². The molecule has 1 aliphatic heterocycles. The summed E-state index contributed by atoms with van der Waals surface area (Å²) in [6.45, 7) is 5.01. The molecule has 0 saturated carbocycles. The van der Waals surface area contributed by atoms with Gasteiger partial charge in [-0.2, -0.15) is 5.10 Å². The van der Waals surface area contributed by atoms with E-state index in [2.05, 4.69) is 27.3 Å². The standard InChI is InChI=1S/C27H24ClN7O2/c1-17(20-14-18(10-11-21(20)28)22-8-5-9-24(29)32-22)31-25-15-23(27(37)34-13-12-30-26(36)16-34)33-35(25)19-6-3-2-4-7-19/h2-11,14-15,31H,1,12-13,16H2,(H2,29,32)(H,30,36). The summed E-state index contributed by atoms with van der Waals surface area (Å²) in [7, 11) is 0. The number of benzene rings is 2. The van der Waals surface area contributed by atoms with Crippen molar-refractivity contribution in [1.29, 1.82) is 0 Å². The second-order valence-corrected chi connectivity index (χ2v) is 8.89. The molecule has 3 heterocycles. The molecular formula is C27H24ClN7O2. The fourth-order valence-corrected chi connectivity index (χ4v) is 4.30. The topological polar surface area (TPSA) is 118 Å². The van der Waals surface area contributed by atoms with Crippen molar-refractivity contribution in [3.8, 4) is 16.9 Å². The number of nitrogens with one attached hydrogen (secondary N) is 2. The van der Waals surface area contributed by atoms with Gasteiger partial charge >= 0.3 is 0 Å². The summed E-state index contributed by atoms with van der Waals surface area (Å²) in [5, 5.41) is 11.0. The number of aromatic nitrogens is 3. The Bertz CT molecular complexity index is 1500. The number of carbonyl (C=O) groups is 2. The highest BCUT2D eigenvalue weighted by molar-refractivity contribution is 6.32. The number of hydrogen-bond acceptors (Lipinski definition) is 6. The quantitative estimate of drug-likeness (QED) is 0.360. The van der Waals surface area contributed by atoms with Gasteiger partial charge in [-0.05, 0) is 36.4 Å². The highest BCUT2D eigenvalue weighted by Crippen LogP contribution is 2.30. The van der Waals surface area contributed by atoms with Gasteiger partial charge in [-0.3, -0.25) is 9.59 Å². The first-order valence-electron chi connectivity index (χ1n) is 11.6. The van der Waals surface area contributed by atoms with Crippen LogP contribution in [0, 0.1) is 0 Å². The van der Waals surface area contributed by atoms with Crippen molar-refractivity contribution in [2.75, 3.05) is 30.7 Å². The molecule has 37 heavy (non-hydrogen) atoms. The number of nitrogen functional groups attached to an aromatic ring is 1. The van der Waals surface area contributed by atoms with Crippen LogP contribution in [0.1, 0.15) is 16.1 Å². The fourth-order valence-electron chi connectivity index (χ4n) is 4.06. The number of pyridine rings is 1. The van der Waals surface area contributed by atoms with Gasteiger partial charge in [-0.15, -0.1) is 0 Å². The Hall–Kier alpha value is -4.63. The molecule has 0 radical (unpaired) electrons. The minimum Gasteiger partial charge on any atom is -0.384 e. The van der Waals surface area contributed by atoms with E-state index in [-0.39, 0.29) is 24.1 Å². The first-order chi connectivity index (χ1) is 17.9. The van der Waals surface area contributed by atoms with Crippen molar-refractivity contribution < 1.29 is 9.59 Å². The van der Waals surface area contributed by atoms with E-state index in [1.807, 2.05) is 54.6 Å². The zero-order chi connectivity index (χ0) is 25.9. The van der Waals surface area contributed by atoms with Crippen LogP contribution in [0.2, 0.25) is 5.02 Å². The molecule has 2 amide bonds. The van der Waals surface area contributed by atoms with E-state index in [1.54, 1.807) is 22.9 Å². The first-order valence-corrected chi connectivity index (χ1v) is 12.0. The first kappa shape index (κ1) is 24.1. The van der Waals surface area contributed by atoms with E-state index < -0.39 is 0 Å². The molecular weight excluding hydrogens is 490 g/mol. The summed E-state index contributed by atoms with van der Waals surface area (Å²) in [4.78, 5) is 30.8. The number of amides is 2. The zero-order valence-corrected chi connectivity index (χ0v) is 20.6. The molecule has 1 saturated heterocycles. The number of hydrogen-bond donors (Lipinski definition) is 3. The average molecular weight is 514 g/mol. The molecule has 9 nitrogen and oxygen atoms in total. The highest BCUT2D eigenvalue weighted by Gasteiger charge is 2.26. The van der Waals surface area contributed by atoms with E-state index in [9.17, 15) is 9.59 Å². The van der Waals surface area contributed by atoms with E-state index in [1.165, 1.54) is 4.90 Å². The molecule has 0 spiro atoms. The molecule has 4 N–H and O–H groups in total. The Morgan fingerprint density at radius 2 is 1.89 bits per heavy atom. The Kier molecular flexibility index (Phi) is 6.61. The van der Waals surface area contributed by atoms with E-state index in [0.717, 1.165) is 11.3 Å². The Labute approximate surface area is 218 Å². The third-order valence-electron chi connectivity index (χ3n) is 5.89. The monoisotopic (exact) mass is 513 g/mol. The molecule has 10 heteroatoms. The largest absolute Gasteiger partial charge is 0.384 e. The lowest BCUT2D eigenvalue weighted by Gasteiger charge is -2.25. The highest BCUT2D eigenvalue weighted by atomic mass is 35.5. The smallest absolute Gasteiger partial charge is 0.274 e. The van der Waals surface area contributed by atoms with Crippen LogP contribution in [0.15, 0.2) is 79.4 Å². The van der Waals surface area contributed by atoms with E-state index >= 15 is 0 Å². The van der Waals surface area contributed by atoms with Gasteiger partial charge in [-0.1, -0.05) is 48.5 Å². The van der Waals surface area contributed by atoms with Crippen molar-refractivity contribution in [2.45, 2.75) is 0 Å². The maximum atomic E-state index is 13.2. The molecule has 4 aromatic rings. The van der Waals surface area contributed by atoms with Gasteiger partial charge in [0.2, 0.25) is 5.91 Å². The zero-order valence-electron chi connectivity index (χ0n) is 19.8. The van der Waals surface area contributed by atoms with Crippen molar-refractivity contribution in [2.24, 2.45) is 0 Å². The predicted molar refractivity (Wildman–Crippen MR) is 144 cm³/mol. The summed E-state index contributed by atoms with van der Waals surface area (Å²) in [5.74, 6) is 0.412. The van der Waals surface area contributed by atoms with E-state index in [4.69, 9.17) is 17.3 Å². The number of nitrogens with two attached hydrogens (primary N) is 1. The van der Waals surface area contributed by atoms with Crippen LogP contribution in [0.5, 0.6) is 0 Å². The third kappa shape index (κ3) is 5.17. The van der Waals surface area contributed by atoms with Gasteiger partial charge in [0.25, 0.3) is 5.91 Å². The fraction of sp³-hybridized carbons (Fsp3) is 0.111. The van der Waals surface area contributed by atoms with Crippen molar-refractivity contribution in [1.82, 2.24) is 25.0 Å². The minimum absolute atomic E-state index is 0.00701. The summed E-state index contributed by atoms with van der Waals surface area (Å²) < 4.78 is 1.62. The molecule has 186 valence electrons. The Balaban J connectivity index is 1.48. The van der Waals surface area contributed by atoms with Crippen LogP contribution in [0.3, 0.4) is 0 Å². The van der Waals surface area contributed by atoms with Gasteiger partial charge < -0.3 is 21.3 Å². The second-order valence-electron chi connectivity index (χ2n) is 8.48. The molecule has 5 rings (SSSR count). The minimum atomic E-state index is -0.328. The number of para-hydroxylation sites is 1. The van der Waals surface area contributed by atoms with Crippen LogP contribution in [-0.2, 0) is 4.79 Å². The van der Waals surface area contributed by atoms with Crippen LogP contribution in [0.4, 0.5) is 11.6 Å². The summed E-state index contributed by atoms with van der Waals surface area (Å²) in [6.07, 6.45) is 0. The number of halogens is 1. The van der Waals surface area contributed by atoms with Crippen LogP contribution in [-0.4, -0.2) is 51.1 Å². The van der Waals surface area contributed by atoms with Crippen LogP contribution in [0.25, 0.3) is 22.6 Å². The third-order valence-corrected chi connectivity index (χ3v) is 6.22. The predicted octanol–water partition coefficient (Wildman–Crippen LogP) is 3.82. The normalized spacial score (nSPS) is 13.2. The number of carbonyl (C=O) groups excluding carboxylic acids is 2. The van der Waals surface area contributed by atoms with Gasteiger partial charge in [0.15, 0.2) is 5.69 Å². The average Bonchev–Trinajstić information content (AvgIpc) is 3.32. The van der Waals surface area contributed by atoms with Gasteiger partial charge in [0.1, 0.15) is 11.6 Å². The Morgan fingerprint density at radius 1 is 1.08 bits per heavy atom. The summed E-state index contributed by atoms with van der Waals surface area (Å²) in [6, 6.07) is 22.0. The number of nitrogens with zero attached hydrogens (tertiary/aromatic N) is 4. The number of piperazine rings is 1. The van der Waals surface area contributed by atoms with Crippen molar-refractivity contribution in [3.63, 3.8) is 0 Å². The number of anilines is 2. The lowest BCUT2D eigenvalue weighted by atomic mass is 10.1. The molecule has 1 aliphatic rings. The van der Waals surface area contributed by atoms with Gasteiger partial charge in [0, 0.05) is 41.0 Å². The van der Waals surface area contributed by atoms with Gasteiger partial charge in [0.05, 0.1) is 17.9 Å². The molecule has 0 atom stereocenters.